The molecule has 3 N–H and O–H groups in total. The van der Waals surface area contributed by atoms with E-state index >= 15 is 0 Å². The summed E-state index contributed by atoms with van der Waals surface area (Å²) in [6.45, 7) is 1.86. The van der Waals surface area contributed by atoms with Gasteiger partial charge < -0.3 is 10.8 Å². The summed E-state index contributed by atoms with van der Waals surface area (Å²) < 4.78 is 26.4. The molecule has 1 unspecified atom stereocenters. The van der Waals surface area contributed by atoms with E-state index in [4.69, 9.17) is 5.73 Å². The second-order valence-corrected chi connectivity index (χ2v) is 7.90. The summed E-state index contributed by atoms with van der Waals surface area (Å²) in [7, 11) is -2.08. The molecule has 1 aromatic heterocycles. The number of hydrogen-bond acceptors (Lipinski definition) is 5. The normalized spacial score (nSPS) is 13.5. The van der Waals surface area contributed by atoms with Gasteiger partial charge in [0.1, 0.15) is 5.75 Å². The van der Waals surface area contributed by atoms with Gasteiger partial charge in [-0.2, -0.15) is 4.31 Å². The van der Waals surface area contributed by atoms with Crippen molar-refractivity contribution in [1.29, 1.82) is 0 Å². The maximum atomic E-state index is 12.6. The van der Waals surface area contributed by atoms with Crippen LogP contribution in [0.25, 0.3) is 0 Å². The van der Waals surface area contributed by atoms with E-state index in [2.05, 4.69) is 0 Å². The maximum Gasteiger partial charge on any atom is 0.243 e. The molecule has 0 aliphatic heterocycles. The molecular formula is C14H18N2O3S2. The molecule has 0 spiro atoms. The second-order valence-electron chi connectivity index (χ2n) is 4.87. The van der Waals surface area contributed by atoms with E-state index in [0.717, 1.165) is 4.88 Å². The molecule has 0 saturated heterocycles. The Balaban J connectivity index is 2.23. The molecule has 0 amide bonds. The van der Waals surface area contributed by atoms with Crippen LogP contribution < -0.4 is 5.73 Å². The number of hydrogen-bond donors (Lipinski definition) is 2. The lowest BCUT2D eigenvalue weighted by atomic mass is 10.2. The number of anilines is 1. The zero-order valence-corrected chi connectivity index (χ0v) is 13.5. The van der Waals surface area contributed by atoms with Crippen molar-refractivity contribution in [2.24, 2.45) is 0 Å². The Morgan fingerprint density at radius 3 is 2.67 bits per heavy atom. The first-order valence-electron chi connectivity index (χ1n) is 6.41. The molecule has 0 aliphatic rings. The fourth-order valence-corrected chi connectivity index (χ4v) is 4.17. The van der Waals surface area contributed by atoms with Crippen molar-refractivity contribution in [2.75, 3.05) is 12.8 Å². The molecule has 0 bridgehead atoms. The molecule has 2 rings (SSSR count). The lowest BCUT2D eigenvalue weighted by Crippen LogP contribution is -2.36. The van der Waals surface area contributed by atoms with Crippen LogP contribution in [-0.4, -0.2) is 30.9 Å². The van der Waals surface area contributed by atoms with Gasteiger partial charge in [-0.1, -0.05) is 6.07 Å². The number of thiophene rings is 1. The third-order valence-electron chi connectivity index (χ3n) is 3.37. The number of phenols is 1. The maximum absolute atomic E-state index is 12.6. The van der Waals surface area contributed by atoms with Gasteiger partial charge in [-0.15, -0.1) is 11.3 Å². The van der Waals surface area contributed by atoms with Crippen molar-refractivity contribution >= 4 is 27.0 Å². The van der Waals surface area contributed by atoms with E-state index in [9.17, 15) is 13.5 Å². The smallest absolute Gasteiger partial charge is 0.243 e. The highest BCUT2D eigenvalue weighted by Crippen LogP contribution is 2.26. The first-order chi connectivity index (χ1) is 9.82. The van der Waals surface area contributed by atoms with Crippen LogP contribution in [0.4, 0.5) is 5.69 Å². The van der Waals surface area contributed by atoms with Crippen LogP contribution in [0.3, 0.4) is 0 Å². The van der Waals surface area contributed by atoms with Gasteiger partial charge in [0.25, 0.3) is 0 Å². The minimum absolute atomic E-state index is 0.0513. The Morgan fingerprint density at radius 1 is 1.38 bits per heavy atom. The van der Waals surface area contributed by atoms with Crippen molar-refractivity contribution in [2.45, 2.75) is 24.3 Å². The third-order valence-corrected chi connectivity index (χ3v) is 6.24. The number of sulfonamides is 1. The van der Waals surface area contributed by atoms with Gasteiger partial charge in [-0.3, -0.25) is 0 Å². The van der Waals surface area contributed by atoms with Crippen molar-refractivity contribution in [3.63, 3.8) is 0 Å². The van der Waals surface area contributed by atoms with E-state index in [1.54, 1.807) is 18.4 Å². The van der Waals surface area contributed by atoms with Crippen LogP contribution in [0.15, 0.2) is 40.6 Å². The van der Waals surface area contributed by atoms with Crippen LogP contribution in [0.2, 0.25) is 0 Å². The van der Waals surface area contributed by atoms with Gasteiger partial charge in [-0.25, -0.2) is 8.42 Å². The monoisotopic (exact) mass is 326 g/mol. The number of likely N-dealkylation sites (N-methyl/N-ethyl adjacent to an activating group) is 1. The van der Waals surface area contributed by atoms with Crippen LogP contribution in [-0.2, 0) is 16.4 Å². The first-order valence-corrected chi connectivity index (χ1v) is 8.73. The zero-order valence-electron chi connectivity index (χ0n) is 11.9. The molecular weight excluding hydrogens is 308 g/mol. The number of nitrogen functional groups attached to an aromatic ring is 1. The summed E-state index contributed by atoms with van der Waals surface area (Å²) in [4.78, 5) is 1.22. The number of benzene rings is 1. The van der Waals surface area contributed by atoms with Gasteiger partial charge in [0.2, 0.25) is 10.0 Å². The van der Waals surface area contributed by atoms with Crippen LogP contribution in [0.1, 0.15) is 11.8 Å². The van der Waals surface area contributed by atoms with E-state index < -0.39 is 10.0 Å². The van der Waals surface area contributed by atoms with Crippen molar-refractivity contribution in [3.05, 3.63) is 40.6 Å². The Morgan fingerprint density at radius 2 is 2.10 bits per heavy atom. The number of nitrogens with zero attached hydrogens (tertiary/aromatic N) is 1. The summed E-state index contributed by atoms with van der Waals surface area (Å²) in [6.07, 6.45) is 0.654. The van der Waals surface area contributed by atoms with E-state index in [1.807, 2.05) is 24.4 Å². The quantitative estimate of drug-likeness (QED) is 0.652. The summed E-state index contributed by atoms with van der Waals surface area (Å²) in [5, 5.41) is 11.4. The van der Waals surface area contributed by atoms with Crippen molar-refractivity contribution in [1.82, 2.24) is 4.31 Å². The number of aromatic hydroxyl groups is 1. The van der Waals surface area contributed by atoms with Gasteiger partial charge in [0, 0.05) is 18.0 Å². The van der Waals surface area contributed by atoms with Gasteiger partial charge in [0.05, 0.1) is 10.6 Å². The summed E-state index contributed by atoms with van der Waals surface area (Å²) in [5.41, 5.74) is 5.62. The Labute approximate surface area is 128 Å². The average Bonchev–Trinajstić information content (AvgIpc) is 2.93. The minimum Gasteiger partial charge on any atom is -0.506 e. The predicted octanol–water partition coefficient (Wildman–Crippen LogP) is 2.29. The van der Waals surface area contributed by atoms with Crippen LogP contribution >= 0.6 is 11.3 Å². The molecule has 21 heavy (non-hydrogen) atoms. The summed E-state index contributed by atoms with van der Waals surface area (Å²) >= 11 is 1.60. The molecule has 5 nitrogen and oxygen atoms in total. The topological polar surface area (TPSA) is 83.6 Å². The van der Waals surface area contributed by atoms with Crippen LogP contribution in [0, 0.1) is 0 Å². The van der Waals surface area contributed by atoms with Gasteiger partial charge in [-0.05, 0) is 43.0 Å². The Bertz CT molecular complexity index is 712. The Hall–Kier alpha value is -1.57. The predicted molar refractivity (Wildman–Crippen MR) is 85.0 cm³/mol. The first kappa shape index (κ1) is 15.8. The molecule has 114 valence electrons. The molecule has 1 heterocycles. The zero-order chi connectivity index (χ0) is 15.6. The minimum atomic E-state index is -3.63. The SMILES string of the molecule is CC(Cc1cccs1)N(C)S(=O)(=O)c1ccc(O)c(N)c1. The van der Waals surface area contributed by atoms with Gasteiger partial charge in [0.15, 0.2) is 0 Å². The standard InChI is InChI=1S/C14H18N2O3S2/c1-10(8-11-4-3-7-20-11)16(2)21(18,19)12-5-6-14(17)13(15)9-12/h3-7,9-10,17H,8,15H2,1-2H3. The van der Waals surface area contributed by atoms with Crippen molar-refractivity contribution in [3.8, 4) is 5.75 Å². The lowest BCUT2D eigenvalue weighted by molar-refractivity contribution is 0.388. The molecule has 1 atom stereocenters. The summed E-state index contributed by atoms with van der Waals surface area (Å²) in [5.74, 6) is -0.122. The fourth-order valence-electron chi connectivity index (χ4n) is 1.94. The highest BCUT2D eigenvalue weighted by atomic mass is 32.2. The lowest BCUT2D eigenvalue weighted by Gasteiger charge is -2.24. The number of rotatable bonds is 5. The van der Waals surface area contributed by atoms with Gasteiger partial charge >= 0.3 is 0 Å². The molecule has 1 aromatic carbocycles. The highest BCUT2D eigenvalue weighted by Gasteiger charge is 2.26. The molecule has 0 radical (unpaired) electrons. The van der Waals surface area contributed by atoms with Crippen molar-refractivity contribution < 1.29 is 13.5 Å². The molecule has 2 aromatic rings. The number of nitrogens with two attached hydrogens (primary N) is 1. The van der Waals surface area contributed by atoms with E-state index in [0.29, 0.717) is 6.42 Å². The third kappa shape index (κ3) is 3.37. The molecule has 0 aliphatic carbocycles. The molecule has 0 fully saturated rings. The number of phenolic OH excluding ortho intramolecular Hbond substituents is 1. The van der Waals surface area contributed by atoms with E-state index in [1.165, 1.54) is 22.5 Å². The van der Waals surface area contributed by atoms with E-state index in [-0.39, 0.29) is 22.4 Å². The summed E-state index contributed by atoms with van der Waals surface area (Å²) in [6, 6.07) is 7.68. The molecule has 0 saturated carbocycles. The fraction of sp³-hybridized carbons (Fsp3) is 0.286. The van der Waals surface area contributed by atoms with Crippen LogP contribution in [0.5, 0.6) is 5.75 Å². The average molecular weight is 326 g/mol. The molecule has 7 heteroatoms. The Kier molecular flexibility index (Phi) is 4.55. The largest absolute Gasteiger partial charge is 0.506 e. The highest BCUT2D eigenvalue weighted by molar-refractivity contribution is 7.89. The second kappa shape index (κ2) is 6.05.